The van der Waals surface area contributed by atoms with Crippen molar-refractivity contribution in [3.05, 3.63) is 30.5 Å². The van der Waals surface area contributed by atoms with Gasteiger partial charge in [-0.2, -0.15) is 0 Å². The van der Waals surface area contributed by atoms with Gasteiger partial charge in [0.25, 0.3) is 0 Å². The van der Waals surface area contributed by atoms with Crippen LogP contribution in [-0.4, -0.2) is 24.1 Å². The summed E-state index contributed by atoms with van der Waals surface area (Å²) >= 11 is 0. The van der Waals surface area contributed by atoms with Crippen LogP contribution >= 0.6 is 0 Å². The van der Waals surface area contributed by atoms with Crippen LogP contribution in [0.15, 0.2) is 30.5 Å². The molecule has 0 aliphatic carbocycles. The highest BCUT2D eigenvalue weighted by Gasteiger charge is 2.05. The Morgan fingerprint density at radius 1 is 1.29 bits per heavy atom. The molecule has 17 heavy (non-hydrogen) atoms. The van der Waals surface area contributed by atoms with Gasteiger partial charge in [0.1, 0.15) is 5.75 Å². The maximum absolute atomic E-state index is 5.56. The number of benzene rings is 1. The lowest BCUT2D eigenvalue weighted by Gasteiger charge is -2.09. The van der Waals surface area contributed by atoms with Crippen molar-refractivity contribution in [1.82, 2.24) is 9.97 Å². The topological polar surface area (TPSA) is 73.1 Å². The normalized spacial score (nSPS) is 10.0. The van der Waals surface area contributed by atoms with E-state index in [1.807, 2.05) is 31.3 Å². The summed E-state index contributed by atoms with van der Waals surface area (Å²) in [6.07, 6.45) is 1.64. The number of hydrogen-bond donors (Lipinski definition) is 2. The molecule has 2 aromatic rings. The van der Waals surface area contributed by atoms with Crippen molar-refractivity contribution >= 4 is 11.6 Å². The van der Waals surface area contributed by atoms with E-state index in [1.54, 1.807) is 13.3 Å². The molecule has 5 nitrogen and oxygen atoms in total. The fourth-order valence-corrected chi connectivity index (χ4v) is 1.59. The van der Waals surface area contributed by atoms with Crippen LogP contribution in [-0.2, 0) is 0 Å². The molecule has 0 atom stereocenters. The number of methoxy groups -OCH3 is 1. The molecular formula is C12H14N4O. The predicted molar refractivity (Wildman–Crippen MR) is 68.0 cm³/mol. The maximum Gasteiger partial charge on any atom is 0.220 e. The van der Waals surface area contributed by atoms with E-state index in [-0.39, 0.29) is 5.95 Å². The third-order valence-corrected chi connectivity index (χ3v) is 2.44. The van der Waals surface area contributed by atoms with E-state index in [0.29, 0.717) is 0 Å². The van der Waals surface area contributed by atoms with Crippen molar-refractivity contribution in [2.24, 2.45) is 0 Å². The molecule has 0 saturated carbocycles. The quantitative estimate of drug-likeness (QED) is 0.840. The second kappa shape index (κ2) is 4.69. The summed E-state index contributed by atoms with van der Waals surface area (Å²) in [5, 5.41) is 3.05. The lowest BCUT2D eigenvalue weighted by molar-refractivity contribution is 0.417. The van der Waals surface area contributed by atoms with Crippen molar-refractivity contribution in [2.75, 3.05) is 25.2 Å². The molecule has 5 heteroatoms. The highest BCUT2D eigenvalue weighted by atomic mass is 16.5. The molecule has 0 aliphatic rings. The first-order chi connectivity index (χ1) is 8.24. The van der Waals surface area contributed by atoms with E-state index in [2.05, 4.69) is 15.3 Å². The smallest absolute Gasteiger partial charge is 0.220 e. The Kier molecular flexibility index (Phi) is 3.09. The molecule has 0 fully saturated rings. The fourth-order valence-electron chi connectivity index (χ4n) is 1.59. The standard InChI is InChI=1S/C12H14N4O/c1-14-10-4-3-8(7-11(10)17-2)9-5-6-15-12(13)16-9/h3-7,14H,1-2H3,(H2,13,15,16). The molecule has 0 aliphatic heterocycles. The first-order valence-corrected chi connectivity index (χ1v) is 5.19. The molecule has 3 N–H and O–H groups in total. The fraction of sp³-hybridized carbons (Fsp3) is 0.167. The molecule has 0 unspecified atom stereocenters. The molecule has 0 spiro atoms. The summed E-state index contributed by atoms with van der Waals surface area (Å²) in [4.78, 5) is 8.03. The number of ether oxygens (including phenoxy) is 1. The Balaban J connectivity index is 2.46. The number of hydrogen-bond acceptors (Lipinski definition) is 5. The number of nitrogens with one attached hydrogen (secondary N) is 1. The molecule has 1 aromatic carbocycles. The Labute approximate surface area is 99.7 Å². The van der Waals surface area contributed by atoms with E-state index in [0.717, 1.165) is 22.7 Å². The molecule has 0 saturated heterocycles. The Hall–Kier alpha value is -2.30. The van der Waals surface area contributed by atoms with Crippen LogP contribution in [0.1, 0.15) is 0 Å². The van der Waals surface area contributed by atoms with Gasteiger partial charge >= 0.3 is 0 Å². The Morgan fingerprint density at radius 2 is 2.12 bits per heavy atom. The van der Waals surface area contributed by atoms with Crippen molar-refractivity contribution in [3.8, 4) is 17.0 Å². The van der Waals surface area contributed by atoms with E-state index in [9.17, 15) is 0 Å². The van der Waals surface area contributed by atoms with Crippen LogP contribution in [0.25, 0.3) is 11.3 Å². The summed E-state index contributed by atoms with van der Waals surface area (Å²) < 4.78 is 5.29. The molecular weight excluding hydrogens is 216 g/mol. The molecule has 2 rings (SSSR count). The lowest BCUT2D eigenvalue weighted by Crippen LogP contribution is -1.97. The van der Waals surface area contributed by atoms with Crippen molar-refractivity contribution < 1.29 is 4.74 Å². The maximum atomic E-state index is 5.56. The first kappa shape index (κ1) is 11.2. The number of rotatable bonds is 3. The second-order valence-electron chi connectivity index (χ2n) is 3.47. The summed E-state index contributed by atoms with van der Waals surface area (Å²) in [5.41, 5.74) is 8.20. The van der Waals surface area contributed by atoms with Crippen LogP contribution in [0, 0.1) is 0 Å². The zero-order valence-corrected chi connectivity index (χ0v) is 9.77. The van der Waals surface area contributed by atoms with Gasteiger partial charge in [0, 0.05) is 18.8 Å². The predicted octanol–water partition coefficient (Wildman–Crippen LogP) is 1.78. The summed E-state index contributed by atoms with van der Waals surface area (Å²) in [6, 6.07) is 7.61. The van der Waals surface area contributed by atoms with Gasteiger partial charge < -0.3 is 15.8 Å². The van der Waals surface area contributed by atoms with Crippen molar-refractivity contribution in [1.29, 1.82) is 0 Å². The van der Waals surface area contributed by atoms with Gasteiger partial charge in [-0.1, -0.05) is 6.07 Å². The number of nitrogens with two attached hydrogens (primary N) is 1. The molecule has 1 aromatic heterocycles. The zero-order chi connectivity index (χ0) is 12.3. The molecule has 0 bridgehead atoms. The lowest BCUT2D eigenvalue weighted by atomic mass is 10.1. The van der Waals surface area contributed by atoms with E-state index >= 15 is 0 Å². The average molecular weight is 230 g/mol. The van der Waals surface area contributed by atoms with Crippen molar-refractivity contribution in [3.63, 3.8) is 0 Å². The minimum absolute atomic E-state index is 0.263. The van der Waals surface area contributed by atoms with Crippen LogP contribution in [0.5, 0.6) is 5.75 Å². The van der Waals surface area contributed by atoms with Gasteiger partial charge in [-0.15, -0.1) is 0 Å². The number of anilines is 2. The molecule has 1 heterocycles. The third kappa shape index (κ3) is 2.28. The SMILES string of the molecule is CNc1ccc(-c2ccnc(N)n2)cc1OC. The number of nitrogen functional groups attached to an aromatic ring is 1. The number of nitrogens with zero attached hydrogens (tertiary/aromatic N) is 2. The van der Waals surface area contributed by atoms with Crippen LogP contribution in [0.3, 0.4) is 0 Å². The molecule has 0 amide bonds. The first-order valence-electron chi connectivity index (χ1n) is 5.19. The van der Waals surface area contributed by atoms with Crippen LogP contribution in [0.4, 0.5) is 11.6 Å². The van der Waals surface area contributed by atoms with Gasteiger partial charge in [0.2, 0.25) is 5.95 Å². The average Bonchev–Trinajstić information content (AvgIpc) is 2.38. The minimum Gasteiger partial charge on any atom is -0.495 e. The van der Waals surface area contributed by atoms with Gasteiger partial charge in [-0.25, -0.2) is 9.97 Å². The molecule has 88 valence electrons. The van der Waals surface area contributed by atoms with E-state index in [4.69, 9.17) is 10.5 Å². The Morgan fingerprint density at radius 3 is 2.76 bits per heavy atom. The van der Waals surface area contributed by atoms with Crippen molar-refractivity contribution in [2.45, 2.75) is 0 Å². The summed E-state index contributed by atoms with van der Waals surface area (Å²) in [6.45, 7) is 0. The van der Waals surface area contributed by atoms with E-state index < -0.39 is 0 Å². The third-order valence-electron chi connectivity index (χ3n) is 2.44. The van der Waals surface area contributed by atoms with E-state index in [1.165, 1.54) is 0 Å². The Bertz CT molecular complexity index is 528. The van der Waals surface area contributed by atoms with Gasteiger partial charge in [0.15, 0.2) is 0 Å². The monoisotopic (exact) mass is 230 g/mol. The number of aromatic nitrogens is 2. The highest BCUT2D eigenvalue weighted by Crippen LogP contribution is 2.29. The zero-order valence-electron chi connectivity index (χ0n) is 9.77. The van der Waals surface area contributed by atoms with Crippen LogP contribution < -0.4 is 15.8 Å². The van der Waals surface area contributed by atoms with Gasteiger partial charge in [-0.05, 0) is 18.2 Å². The largest absolute Gasteiger partial charge is 0.495 e. The van der Waals surface area contributed by atoms with Gasteiger partial charge in [0.05, 0.1) is 18.5 Å². The molecule has 0 radical (unpaired) electrons. The minimum atomic E-state index is 0.263. The summed E-state index contributed by atoms with van der Waals surface area (Å²) in [7, 11) is 3.48. The second-order valence-corrected chi connectivity index (χ2v) is 3.47. The van der Waals surface area contributed by atoms with Crippen LogP contribution in [0.2, 0.25) is 0 Å². The highest BCUT2D eigenvalue weighted by molar-refractivity contribution is 5.68. The summed E-state index contributed by atoms with van der Waals surface area (Å²) in [5.74, 6) is 1.03. The van der Waals surface area contributed by atoms with Gasteiger partial charge in [-0.3, -0.25) is 0 Å².